The Hall–Kier alpha value is -5.28. The van der Waals surface area contributed by atoms with Crippen LogP contribution in [0.25, 0.3) is 21.5 Å². The number of amidine groups is 4. The van der Waals surface area contributed by atoms with E-state index in [9.17, 15) is 0 Å². The molecule has 4 aromatic carbocycles. The van der Waals surface area contributed by atoms with Crippen LogP contribution in [0.4, 0.5) is 11.6 Å². The van der Waals surface area contributed by atoms with Crippen molar-refractivity contribution in [2.24, 2.45) is 30.0 Å². The van der Waals surface area contributed by atoms with Gasteiger partial charge in [0.15, 0.2) is 0 Å². The van der Waals surface area contributed by atoms with Crippen LogP contribution in [0.15, 0.2) is 127 Å². The van der Waals surface area contributed by atoms with Crippen molar-refractivity contribution in [2.75, 3.05) is 14.2 Å². The van der Waals surface area contributed by atoms with Gasteiger partial charge in [-0.05, 0) is 0 Å². The zero-order valence-corrected chi connectivity index (χ0v) is 24.5. The molecule has 4 aliphatic rings. The van der Waals surface area contributed by atoms with Gasteiger partial charge < -0.3 is 4.74 Å². The third-order valence-electron chi connectivity index (χ3n) is 7.71. The summed E-state index contributed by atoms with van der Waals surface area (Å²) in [6, 6.07) is 32.8. The van der Waals surface area contributed by atoms with Crippen LogP contribution in [-0.4, -0.2) is 44.7 Å². The summed E-state index contributed by atoms with van der Waals surface area (Å²) in [5.41, 5.74) is 5.33. The van der Waals surface area contributed by atoms with Gasteiger partial charge in [-0.25, -0.2) is 0 Å². The molecule has 6 aromatic rings. The normalized spacial score (nSPS) is 19.1. The van der Waals surface area contributed by atoms with Crippen LogP contribution in [-0.2, 0) is 20.1 Å². The van der Waals surface area contributed by atoms with Gasteiger partial charge in [0.1, 0.15) is 0 Å². The first-order chi connectivity index (χ1) is 21.7. The van der Waals surface area contributed by atoms with Crippen LogP contribution >= 0.6 is 0 Å². The zero-order chi connectivity index (χ0) is 29.4. The molecule has 2 aromatic heterocycles. The molecular formula is C34H22CuN8O. The quantitative estimate of drug-likeness (QED) is 0.217. The van der Waals surface area contributed by atoms with E-state index < -0.39 is 0 Å². The van der Waals surface area contributed by atoms with E-state index in [1.165, 1.54) is 0 Å². The molecular weight excluding hydrogens is 600 g/mol. The van der Waals surface area contributed by atoms with Crippen LogP contribution in [0.3, 0.4) is 0 Å². The van der Waals surface area contributed by atoms with Gasteiger partial charge in [-0.15, -0.1) is 0 Å². The number of benzene rings is 4. The summed E-state index contributed by atoms with van der Waals surface area (Å²) in [5, 5.41) is 3.92. The molecule has 0 saturated heterocycles. The summed E-state index contributed by atoms with van der Waals surface area (Å²) in [7, 11) is 3.25. The van der Waals surface area contributed by atoms with Crippen molar-refractivity contribution >= 4 is 56.5 Å². The molecule has 0 atom stereocenters. The van der Waals surface area contributed by atoms with Gasteiger partial charge in [0.2, 0.25) is 0 Å². The fourth-order valence-corrected chi connectivity index (χ4v) is 7.03. The standard InChI is InChI=1S/C32H16N8.C2H6O.Cu/c1-2-10-18-17(9-1)25-33-26(18)38-28-21-13-5-6-14-22(21)30(35-28)40-32-24-16-8-7-15-23(24)31(36-32)39-29-20-12-4-3-11-19(20)27(34-29)37-25;1-3-2;/h1-16H;1-2H3;/q-2;;+2. The third kappa shape index (κ3) is 3.56. The van der Waals surface area contributed by atoms with Crippen molar-refractivity contribution in [3.8, 4) is 0 Å². The monoisotopic (exact) mass is 621 g/mol. The number of rotatable bonds is 0. The Kier molecular flexibility index (Phi) is 5.52. The SMILES string of the molecule is COC.c1ccc2c(c1)C1=NC/2=N\c2c3ccccc3c3[n]2[Cu][n]2/c(c4ccccc4/c2=N/C2=N\C(=N/3)c3ccccc32)=N\1. The second-order valence-corrected chi connectivity index (χ2v) is 11.4. The number of aromatic nitrogens is 2. The molecule has 10 rings (SSSR count). The molecule has 0 spiro atoms. The Balaban J connectivity index is 0.000000869. The molecule has 0 aliphatic carbocycles. The second kappa shape index (κ2) is 9.62. The second-order valence-electron chi connectivity index (χ2n) is 10.4. The summed E-state index contributed by atoms with van der Waals surface area (Å²) >= 11 is 1.62. The Bertz CT molecular complexity index is 2310. The van der Waals surface area contributed by atoms with E-state index in [0.29, 0.717) is 23.3 Å². The van der Waals surface area contributed by atoms with Gasteiger partial charge in [0, 0.05) is 14.2 Å². The molecule has 0 fully saturated rings. The number of ether oxygens (including phenoxy) is 1. The van der Waals surface area contributed by atoms with Gasteiger partial charge in [-0.2, -0.15) is 0 Å². The Morgan fingerprint density at radius 2 is 0.773 bits per heavy atom. The predicted molar refractivity (Wildman–Crippen MR) is 168 cm³/mol. The van der Waals surface area contributed by atoms with Gasteiger partial charge in [0.05, 0.1) is 0 Å². The molecule has 0 unspecified atom stereocenters. The number of aliphatic imine (C=N–C) groups is 4. The Labute approximate surface area is 257 Å². The average molecular weight is 622 g/mol. The van der Waals surface area contributed by atoms with E-state index in [1.54, 1.807) is 29.6 Å². The molecule has 10 heteroatoms. The topological polar surface area (TPSA) is 93.2 Å². The van der Waals surface area contributed by atoms with E-state index in [2.05, 4.69) is 60.4 Å². The van der Waals surface area contributed by atoms with Crippen LogP contribution in [0, 0.1) is 0 Å². The fraction of sp³-hybridized carbons (Fsp3) is 0.0588. The van der Waals surface area contributed by atoms with Crippen LogP contribution < -0.4 is 11.0 Å². The van der Waals surface area contributed by atoms with Crippen molar-refractivity contribution in [3.05, 3.63) is 130 Å². The van der Waals surface area contributed by atoms with Gasteiger partial charge in [-0.1, -0.05) is 0 Å². The number of nitrogens with zero attached hydrogens (tertiary/aromatic N) is 8. The van der Waals surface area contributed by atoms with Crippen molar-refractivity contribution in [3.63, 3.8) is 0 Å². The van der Waals surface area contributed by atoms with E-state index >= 15 is 0 Å². The summed E-state index contributed by atoms with van der Waals surface area (Å²) in [4.78, 5) is 30.8. The summed E-state index contributed by atoms with van der Waals surface area (Å²) in [6.07, 6.45) is 0. The van der Waals surface area contributed by atoms with E-state index in [1.807, 2.05) is 48.5 Å². The number of hydrogen-bond donors (Lipinski definition) is 0. The fourth-order valence-electron chi connectivity index (χ4n) is 5.84. The van der Waals surface area contributed by atoms with Gasteiger partial charge in [0.25, 0.3) is 0 Å². The Morgan fingerprint density at radius 1 is 0.432 bits per heavy atom. The molecule has 0 saturated carbocycles. The summed E-state index contributed by atoms with van der Waals surface area (Å²) < 4.78 is 8.38. The molecule has 215 valence electrons. The maximum absolute atomic E-state index is 5.20. The van der Waals surface area contributed by atoms with Gasteiger partial charge >= 0.3 is 239 Å². The van der Waals surface area contributed by atoms with E-state index in [4.69, 9.17) is 30.0 Å². The Morgan fingerprint density at radius 3 is 1.18 bits per heavy atom. The molecule has 0 radical (unpaired) electrons. The maximum atomic E-state index is 5.20. The zero-order valence-electron chi connectivity index (χ0n) is 23.5. The van der Waals surface area contributed by atoms with Crippen molar-refractivity contribution in [2.45, 2.75) is 0 Å². The number of hydrogen-bond acceptors (Lipinski definition) is 7. The first-order valence-corrected chi connectivity index (χ1v) is 14.8. The first-order valence-electron chi connectivity index (χ1n) is 14.0. The van der Waals surface area contributed by atoms with Crippen LogP contribution in [0.1, 0.15) is 22.3 Å². The first kappa shape index (κ1) is 25.2. The van der Waals surface area contributed by atoms with Gasteiger partial charge in [-0.3, -0.25) is 0 Å². The summed E-state index contributed by atoms with van der Waals surface area (Å²) in [6.45, 7) is 0. The molecule has 6 bridgehead atoms. The molecule has 44 heavy (non-hydrogen) atoms. The van der Waals surface area contributed by atoms with Crippen LogP contribution in [0.5, 0.6) is 0 Å². The predicted octanol–water partition coefficient (Wildman–Crippen LogP) is 5.11. The molecule has 0 N–H and O–H groups in total. The number of methoxy groups -OCH3 is 1. The van der Waals surface area contributed by atoms with Crippen molar-refractivity contribution in [1.29, 1.82) is 0 Å². The van der Waals surface area contributed by atoms with Crippen molar-refractivity contribution in [1.82, 2.24) is 7.17 Å². The summed E-state index contributed by atoms with van der Waals surface area (Å²) in [5.74, 6) is 4.04. The molecule has 6 heterocycles. The minimum atomic E-state index is 0.634. The molecule has 9 nitrogen and oxygen atoms in total. The minimum absolute atomic E-state index is 0.634. The van der Waals surface area contributed by atoms with Crippen molar-refractivity contribution < 1.29 is 20.1 Å². The van der Waals surface area contributed by atoms with E-state index in [-0.39, 0.29) is 0 Å². The molecule has 4 aliphatic heterocycles. The third-order valence-corrected chi connectivity index (χ3v) is 8.88. The van der Waals surface area contributed by atoms with E-state index in [0.717, 1.165) is 66.4 Å². The molecule has 0 amide bonds. The number of fused-ring (bicyclic) bond motifs is 14. The van der Waals surface area contributed by atoms with Crippen LogP contribution in [0.2, 0.25) is 0 Å². The average Bonchev–Trinajstić information content (AvgIpc) is 3.76.